The van der Waals surface area contributed by atoms with E-state index in [4.69, 9.17) is 0 Å². The van der Waals surface area contributed by atoms with Gasteiger partial charge < -0.3 is 10.2 Å². The summed E-state index contributed by atoms with van der Waals surface area (Å²) in [5.41, 5.74) is 4.22. The highest BCUT2D eigenvalue weighted by molar-refractivity contribution is 6.01. The Hall–Kier alpha value is -2.10. The van der Waals surface area contributed by atoms with Crippen LogP contribution in [0.5, 0.6) is 0 Å². The molecule has 6 atom stereocenters. The van der Waals surface area contributed by atoms with Gasteiger partial charge in [-0.15, -0.1) is 0 Å². The van der Waals surface area contributed by atoms with Gasteiger partial charge in [-0.3, -0.25) is 9.59 Å². The molecule has 1 aromatic rings. The van der Waals surface area contributed by atoms with Gasteiger partial charge in [-0.2, -0.15) is 0 Å². The number of benzene rings is 1. The second-order valence-electron chi connectivity index (χ2n) is 11.9. The SMILES string of the molecule is CC1=C2N(C)C(=O)C(C(=O)NCCc3ccccc3)C[C@]2(C)[C@@H]2CC[C@]3(C)CCC[C@H]3[C@@H]2C1. The van der Waals surface area contributed by atoms with Crippen molar-refractivity contribution in [3.8, 4) is 0 Å². The summed E-state index contributed by atoms with van der Waals surface area (Å²) in [5.74, 6) is 1.36. The van der Waals surface area contributed by atoms with Gasteiger partial charge >= 0.3 is 0 Å². The van der Waals surface area contributed by atoms with Crippen molar-refractivity contribution >= 4 is 11.8 Å². The Morgan fingerprint density at radius 1 is 1.12 bits per heavy atom. The Morgan fingerprint density at radius 2 is 1.88 bits per heavy atom. The lowest BCUT2D eigenvalue weighted by molar-refractivity contribution is -0.149. The molecule has 2 saturated carbocycles. The van der Waals surface area contributed by atoms with Gasteiger partial charge in [0, 0.05) is 24.7 Å². The lowest BCUT2D eigenvalue weighted by atomic mass is 9.48. The van der Waals surface area contributed by atoms with Crippen LogP contribution in [0.4, 0.5) is 0 Å². The monoisotopic (exact) mass is 448 g/mol. The topological polar surface area (TPSA) is 49.4 Å². The minimum atomic E-state index is -0.581. The summed E-state index contributed by atoms with van der Waals surface area (Å²) < 4.78 is 0. The number of rotatable bonds is 4. The highest BCUT2D eigenvalue weighted by Gasteiger charge is 2.59. The van der Waals surface area contributed by atoms with Gasteiger partial charge in [0.25, 0.3) is 0 Å². The molecule has 1 aliphatic heterocycles. The van der Waals surface area contributed by atoms with E-state index in [0.29, 0.717) is 30.2 Å². The van der Waals surface area contributed by atoms with E-state index in [2.05, 4.69) is 38.2 Å². The zero-order valence-corrected chi connectivity index (χ0v) is 20.8. The standard InChI is InChI=1S/C29H40N2O2/c1-19-17-21-23-11-8-14-28(23,2)15-12-24(21)29(3)18-22(27(33)31(4)25(19)29)26(32)30-16-13-20-9-6-5-7-10-20/h5-7,9-10,21-24H,8,11-18H2,1-4H3,(H,30,32)/t21-,22?,23-,24+,28-,29+/m0/s1. The molecule has 1 saturated heterocycles. The van der Waals surface area contributed by atoms with Crippen molar-refractivity contribution in [2.75, 3.05) is 13.6 Å². The number of fused-ring (bicyclic) bond motifs is 5. The minimum Gasteiger partial charge on any atom is -0.355 e. The second-order valence-corrected chi connectivity index (χ2v) is 11.9. The van der Waals surface area contributed by atoms with E-state index in [1.165, 1.54) is 48.9 Å². The number of hydrogen-bond donors (Lipinski definition) is 1. The third-order valence-electron chi connectivity index (χ3n) is 9.99. The van der Waals surface area contributed by atoms with Crippen LogP contribution in [0, 0.1) is 34.5 Å². The number of nitrogens with zero attached hydrogens (tertiary/aromatic N) is 1. The van der Waals surface area contributed by atoms with Crippen LogP contribution in [0.15, 0.2) is 41.6 Å². The van der Waals surface area contributed by atoms with E-state index in [0.717, 1.165) is 18.8 Å². The van der Waals surface area contributed by atoms with Crippen LogP contribution in [0.1, 0.15) is 71.3 Å². The first-order valence-electron chi connectivity index (χ1n) is 13.0. The molecule has 1 N–H and O–H groups in total. The van der Waals surface area contributed by atoms with E-state index in [9.17, 15) is 9.59 Å². The molecule has 0 radical (unpaired) electrons. The highest BCUT2D eigenvalue weighted by Crippen LogP contribution is 2.65. The third kappa shape index (κ3) is 3.65. The van der Waals surface area contributed by atoms with Crippen molar-refractivity contribution in [2.24, 2.45) is 34.5 Å². The normalized spacial score (nSPS) is 37.9. The fraction of sp³-hybridized carbons (Fsp3) is 0.655. The Morgan fingerprint density at radius 3 is 2.64 bits per heavy atom. The molecular weight excluding hydrogens is 408 g/mol. The number of amides is 2. The van der Waals surface area contributed by atoms with Crippen LogP contribution >= 0.6 is 0 Å². The van der Waals surface area contributed by atoms with Crippen molar-refractivity contribution in [3.63, 3.8) is 0 Å². The smallest absolute Gasteiger partial charge is 0.239 e. The molecule has 1 heterocycles. The van der Waals surface area contributed by atoms with Crippen molar-refractivity contribution in [1.29, 1.82) is 0 Å². The van der Waals surface area contributed by atoms with Crippen LogP contribution in [0.25, 0.3) is 0 Å². The Labute approximate surface area is 199 Å². The van der Waals surface area contributed by atoms with Gasteiger partial charge in [-0.25, -0.2) is 0 Å². The molecule has 3 aliphatic carbocycles. The third-order valence-corrected chi connectivity index (χ3v) is 9.99. The first-order valence-corrected chi connectivity index (χ1v) is 13.0. The average Bonchev–Trinajstić information content (AvgIpc) is 3.19. The number of carbonyl (C=O) groups excluding carboxylic acids is 2. The summed E-state index contributed by atoms with van der Waals surface area (Å²) in [6, 6.07) is 10.2. The molecule has 2 amide bonds. The molecule has 1 unspecified atom stereocenters. The van der Waals surface area contributed by atoms with E-state index in [-0.39, 0.29) is 17.2 Å². The summed E-state index contributed by atoms with van der Waals surface area (Å²) in [7, 11) is 1.91. The fourth-order valence-corrected chi connectivity index (χ4v) is 8.55. The maximum Gasteiger partial charge on any atom is 0.239 e. The van der Waals surface area contributed by atoms with Crippen LogP contribution in [-0.2, 0) is 16.0 Å². The van der Waals surface area contributed by atoms with E-state index in [1.807, 2.05) is 30.1 Å². The second kappa shape index (κ2) is 8.29. The maximum absolute atomic E-state index is 13.4. The fourth-order valence-electron chi connectivity index (χ4n) is 8.55. The predicted molar refractivity (Wildman–Crippen MR) is 131 cm³/mol. The first kappa shape index (κ1) is 22.7. The number of nitrogens with one attached hydrogen (secondary N) is 1. The molecule has 4 aliphatic rings. The lowest BCUT2D eigenvalue weighted by Gasteiger charge is -2.59. The Bertz CT molecular complexity index is 969. The molecule has 1 aromatic carbocycles. The molecular formula is C29H40N2O2. The van der Waals surface area contributed by atoms with Gasteiger partial charge in [0.15, 0.2) is 0 Å². The number of piperidine rings is 1. The van der Waals surface area contributed by atoms with E-state index in [1.54, 1.807) is 0 Å². The number of carbonyl (C=O) groups is 2. The number of likely N-dealkylation sites (tertiary alicyclic amines) is 1. The molecule has 0 bridgehead atoms. The Kier molecular flexibility index (Phi) is 5.69. The summed E-state index contributed by atoms with van der Waals surface area (Å²) in [5, 5.41) is 3.09. The first-order chi connectivity index (χ1) is 15.7. The molecule has 3 fully saturated rings. The zero-order chi connectivity index (χ0) is 23.4. The van der Waals surface area contributed by atoms with Gasteiger partial charge in [-0.1, -0.05) is 56.2 Å². The Balaban J connectivity index is 1.37. The van der Waals surface area contributed by atoms with Crippen molar-refractivity contribution in [1.82, 2.24) is 10.2 Å². The quantitative estimate of drug-likeness (QED) is 0.632. The largest absolute Gasteiger partial charge is 0.355 e. The van der Waals surface area contributed by atoms with Crippen LogP contribution in [-0.4, -0.2) is 30.3 Å². The van der Waals surface area contributed by atoms with Gasteiger partial charge in [-0.05, 0) is 80.6 Å². The summed E-state index contributed by atoms with van der Waals surface area (Å²) in [6.45, 7) is 7.71. The molecule has 0 spiro atoms. The highest BCUT2D eigenvalue weighted by atomic mass is 16.2. The lowest BCUT2D eigenvalue weighted by Crippen LogP contribution is -2.58. The van der Waals surface area contributed by atoms with E-state index < -0.39 is 5.92 Å². The minimum absolute atomic E-state index is 0.0287. The maximum atomic E-state index is 13.4. The van der Waals surface area contributed by atoms with Crippen molar-refractivity contribution < 1.29 is 9.59 Å². The van der Waals surface area contributed by atoms with Crippen LogP contribution in [0.3, 0.4) is 0 Å². The number of allylic oxidation sites excluding steroid dienone is 2. The van der Waals surface area contributed by atoms with Crippen LogP contribution in [0.2, 0.25) is 0 Å². The summed E-state index contributed by atoms with van der Waals surface area (Å²) >= 11 is 0. The molecule has 4 nitrogen and oxygen atoms in total. The molecule has 0 aromatic heterocycles. The molecule has 33 heavy (non-hydrogen) atoms. The molecule has 4 heteroatoms. The zero-order valence-electron chi connectivity index (χ0n) is 20.8. The van der Waals surface area contributed by atoms with Crippen molar-refractivity contribution in [2.45, 2.75) is 72.1 Å². The van der Waals surface area contributed by atoms with Gasteiger partial charge in [0.1, 0.15) is 5.92 Å². The predicted octanol–water partition coefficient (Wildman–Crippen LogP) is 5.34. The van der Waals surface area contributed by atoms with Gasteiger partial charge in [0.05, 0.1) is 0 Å². The van der Waals surface area contributed by atoms with Crippen LogP contribution < -0.4 is 5.32 Å². The molecule has 178 valence electrons. The summed E-state index contributed by atoms with van der Waals surface area (Å²) in [6.07, 6.45) is 9.19. The summed E-state index contributed by atoms with van der Waals surface area (Å²) in [4.78, 5) is 28.5. The average molecular weight is 449 g/mol. The number of hydrogen-bond acceptors (Lipinski definition) is 2. The van der Waals surface area contributed by atoms with Crippen molar-refractivity contribution in [3.05, 3.63) is 47.2 Å². The van der Waals surface area contributed by atoms with E-state index >= 15 is 0 Å². The van der Waals surface area contributed by atoms with Gasteiger partial charge in [0.2, 0.25) is 11.8 Å². The molecule has 5 rings (SSSR count).